The molecule has 0 aromatic heterocycles. The summed E-state index contributed by atoms with van der Waals surface area (Å²) in [5, 5.41) is 0. The number of unbranched alkanes of at least 4 members (excludes halogenated alkanes) is 1. The number of nitrogens with zero attached hydrogens (tertiary/aromatic N) is 1. The van der Waals surface area contributed by atoms with Gasteiger partial charge in [-0.2, -0.15) is 0 Å². The van der Waals surface area contributed by atoms with Gasteiger partial charge in [0.2, 0.25) is 0 Å². The normalized spacial score (nSPS) is 19.5. The van der Waals surface area contributed by atoms with Crippen LogP contribution in [0.3, 0.4) is 0 Å². The van der Waals surface area contributed by atoms with E-state index in [0.717, 1.165) is 25.0 Å². The van der Waals surface area contributed by atoms with Crippen LogP contribution in [0.25, 0.3) is 0 Å². The van der Waals surface area contributed by atoms with E-state index in [0.29, 0.717) is 19.7 Å². The molecule has 6 nitrogen and oxygen atoms in total. The Balaban J connectivity index is 2.11. The smallest absolute Gasteiger partial charge is 0.267 e. The van der Waals surface area contributed by atoms with Gasteiger partial charge in [-0.1, -0.05) is 25.5 Å². The van der Waals surface area contributed by atoms with Crippen LogP contribution in [0.2, 0.25) is 0 Å². The summed E-state index contributed by atoms with van der Waals surface area (Å²) < 4.78 is 45.3. The molecular formula is C15H21FN2O4S. The Bertz CT molecular complexity index is 651. The lowest BCUT2D eigenvalue weighted by molar-refractivity contribution is -0.130. The molecule has 1 fully saturated rings. The molecule has 0 spiro atoms. The van der Waals surface area contributed by atoms with E-state index in [1.807, 2.05) is 16.5 Å². The number of nitrogens with one attached hydrogen (secondary N) is 1. The average Bonchev–Trinajstić information content (AvgIpc) is 2.53. The van der Waals surface area contributed by atoms with E-state index < -0.39 is 32.7 Å². The van der Waals surface area contributed by atoms with Crippen LogP contribution in [0.4, 0.5) is 4.39 Å². The first-order valence-electron chi connectivity index (χ1n) is 7.58. The largest absolute Gasteiger partial charge is 0.378 e. The number of hydrogen-bond donors (Lipinski definition) is 1. The van der Waals surface area contributed by atoms with Gasteiger partial charge in [0.25, 0.3) is 15.9 Å². The highest BCUT2D eigenvalue weighted by molar-refractivity contribution is 7.90. The summed E-state index contributed by atoms with van der Waals surface area (Å²) in [6, 6.07) is 4.27. The van der Waals surface area contributed by atoms with Crippen molar-refractivity contribution in [2.45, 2.75) is 30.7 Å². The lowest BCUT2D eigenvalue weighted by Gasteiger charge is -2.34. The fourth-order valence-corrected chi connectivity index (χ4v) is 3.52. The average molecular weight is 344 g/mol. The van der Waals surface area contributed by atoms with Crippen LogP contribution in [0.5, 0.6) is 0 Å². The summed E-state index contributed by atoms with van der Waals surface area (Å²) in [4.78, 5) is 13.7. The van der Waals surface area contributed by atoms with Gasteiger partial charge in [0, 0.05) is 6.54 Å². The molecule has 1 aliphatic rings. The fourth-order valence-electron chi connectivity index (χ4n) is 2.43. The Morgan fingerprint density at radius 3 is 2.87 bits per heavy atom. The predicted octanol–water partition coefficient (Wildman–Crippen LogP) is 1.13. The number of sulfonamides is 1. The zero-order valence-corrected chi connectivity index (χ0v) is 13.8. The highest BCUT2D eigenvalue weighted by Gasteiger charge is 2.32. The summed E-state index contributed by atoms with van der Waals surface area (Å²) in [5.74, 6) is -1.58. The minimum atomic E-state index is -4.24. The van der Waals surface area contributed by atoms with Crippen molar-refractivity contribution in [2.24, 2.45) is 0 Å². The molecule has 0 aliphatic carbocycles. The number of benzene rings is 1. The molecule has 2 rings (SSSR count). The van der Waals surface area contributed by atoms with Crippen molar-refractivity contribution in [1.29, 1.82) is 0 Å². The Labute approximate surface area is 135 Å². The fraction of sp³-hybridized carbons (Fsp3) is 0.533. The van der Waals surface area contributed by atoms with Crippen LogP contribution in [0, 0.1) is 5.82 Å². The maximum Gasteiger partial charge on any atom is 0.267 e. The predicted molar refractivity (Wildman–Crippen MR) is 82.8 cm³/mol. The molecule has 128 valence electrons. The van der Waals surface area contributed by atoms with Crippen LogP contribution < -0.4 is 4.72 Å². The third kappa shape index (κ3) is 4.49. The molecule has 1 atom stereocenters. The lowest BCUT2D eigenvalue weighted by Crippen LogP contribution is -2.54. The molecular weight excluding hydrogens is 323 g/mol. The molecule has 0 saturated carbocycles. The molecule has 0 bridgehead atoms. The first kappa shape index (κ1) is 17.8. The molecule has 1 heterocycles. The summed E-state index contributed by atoms with van der Waals surface area (Å²) in [5.41, 5.74) is 0. The molecule has 23 heavy (non-hydrogen) atoms. The van der Waals surface area contributed by atoms with Gasteiger partial charge in [-0.25, -0.2) is 17.5 Å². The van der Waals surface area contributed by atoms with Crippen molar-refractivity contribution < 1.29 is 22.3 Å². The molecule has 1 N–H and O–H groups in total. The van der Waals surface area contributed by atoms with Crippen molar-refractivity contribution in [3.8, 4) is 0 Å². The van der Waals surface area contributed by atoms with Crippen molar-refractivity contribution in [2.75, 3.05) is 26.3 Å². The van der Waals surface area contributed by atoms with Crippen molar-refractivity contribution in [3.05, 3.63) is 30.1 Å². The molecule has 0 radical (unpaired) electrons. The van der Waals surface area contributed by atoms with E-state index >= 15 is 0 Å². The van der Waals surface area contributed by atoms with E-state index in [2.05, 4.69) is 0 Å². The maximum absolute atomic E-state index is 13.7. The number of carbonyl (C=O) groups is 1. The van der Waals surface area contributed by atoms with Crippen molar-refractivity contribution in [1.82, 2.24) is 9.62 Å². The van der Waals surface area contributed by atoms with E-state index in [9.17, 15) is 17.6 Å². The number of hydrogen-bond acceptors (Lipinski definition) is 5. The number of halogens is 1. The highest BCUT2D eigenvalue weighted by atomic mass is 32.2. The Hall–Kier alpha value is -1.51. The summed E-state index contributed by atoms with van der Waals surface area (Å²) in [7, 11) is -4.24. The van der Waals surface area contributed by atoms with Gasteiger partial charge in [0.1, 0.15) is 16.8 Å². The standard InChI is InChI=1S/C15H21FN2O4S/c1-2-3-8-18-9-10-22-11-13(18)15(19)17-23(20,21)14-7-5-4-6-12(14)16/h4-7,13H,2-3,8-11H2,1H3,(H,17,19)/t13-/m1/s1. The summed E-state index contributed by atoms with van der Waals surface area (Å²) >= 11 is 0. The van der Waals surface area contributed by atoms with Gasteiger partial charge in [-0.3, -0.25) is 9.69 Å². The maximum atomic E-state index is 13.7. The second kappa shape index (κ2) is 7.85. The number of rotatable bonds is 6. The third-order valence-electron chi connectivity index (χ3n) is 3.70. The van der Waals surface area contributed by atoms with E-state index in [-0.39, 0.29) is 6.61 Å². The molecule has 1 aromatic carbocycles. The molecule has 1 saturated heterocycles. The van der Waals surface area contributed by atoms with Gasteiger partial charge in [0.05, 0.1) is 13.2 Å². The quantitative estimate of drug-likeness (QED) is 0.837. The summed E-state index contributed by atoms with van der Waals surface area (Å²) in [6.45, 7) is 3.93. The van der Waals surface area contributed by atoms with E-state index in [1.54, 1.807) is 0 Å². The minimum absolute atomic E-state index is 0.127. The van der Waals surface area contributed by atoms with Crippen LogP contribution in [-0.2, 0) is 19.6 Å². The van der Waals surface area contributed by atoms with Gasteiger partial charge in [-0.05, 0) is 25.1 Å². The molecule has 0 unspecified atom stereocenters. The molecule has 1 aliphatic heterocycles. The SMILES string of the molecule is CCCCN1CCOC[C@@H]1C(=O)NS(=O)(=O)c1ccccc1F. The lowest BCUT2D eigenvalue weighted by atomic mass is 10.2. The summed E-state index contributed by atoms with van der Waals surface area (Å²) in [6.07, 6.45) is 1.88. The van der Waals surface area contributed by atoms with Crippen LogP contribution in [0.15, 0.2) is 29.2 Å². The molecule has 8 heteroatoms. The van der Waals surface area contributed by atoms with Crippen LogP contribution in [-0.4, -0.2) is 51.6 Å². The van der Waals surface area contributed by atoms with Crippen molar-refractivity contribution in [3.63, 3.8) is 0 Å². The second-order valence-corrected chi connectivity index (χ2v) is 7.03. The van der Waals surface area contributed by atoms with Gasteiger partial charge >= 0.3 is 0 Å². The highest BCUT2D eigenvalue weighted by Crippen LogP contribution is 2.15. The van der Waals surface area contributed by atoms with E-state index in [4.69, 9.17) is 4.74 Å². The molecule has 1 amide bonds. The Morgan fingerprint density at radius 1 is 1.43 bits per heavy atom. The van der Waals surface area contributed by atoms with Crippen molar-refractivity contribution >= 4 is 15.9 Å². The van der Waals surface area contributed by atoms with Gasteiger partial charge in [0.15, 0.2) is 0 Å². The van der Waals surface area contributed by atoms with E-state index in [1.165, 1.54) is 12.1 Å². The Morgan fingerprint density at radius 2 is 2.17 bits per heavy atom. The zero-order valence-electron chi connectivity index (χ0n) is 13.0. The number of morpholine rings is 1. The monoisotopic (exact) mass is 344 g/mol. The third-order valence-corrected chi connectivity index (χ3v) is 5.08. The number of carbonyl (C=O) groups excluding carboxylic acids is 1. The van der Waals surface area contributed by atoms with Gasteiger partial charge < -0.3 is 4.74 Å². The van der Waals surface area contributed by atoms with Crippen LogP contribution >= 0.6 is 0 Å². The van der Waals surface area contributed by atoms with Crippen LogP contribution in [0.1, 0.15) is 19.8 Å². The number of amides is 1. The zero-order chi connectivity index (χ0) is 16.9. The minimum Gasteiger partial charge on any atom is -0.378 e. The number of ether oxygens (including phenoxy) is 1. The van der Waals surface area contributed by atoms with Gasteiger partial charge in [-0.15, -0.1) is 0 Å². The topological polar surface area (TPSA) is 75.7 Å². The first-order chi connectivity index (χ1) is 11.0. The first-order valence-corrected chi connectivity index (χ1v) is 9.07. The Kier molecular flexibility index (Phi) is 6.09. The molecule has 1 aromatic rings. The second-order valence-electron chi connectivity index (χ2n) is 5.38.